The van der Waals surface area contributed by atoms with Crippen LogP contribution in [0.4, 0.5) is 8.78 Å². The Balaban J connectivity index is 1.94. The van der Waals surface area contributed by atoms with E-state index in [0.29, 0.717) is 5.56 Å². The Morgan fingerprint density at radius 2 is 1.83 bits per heavy atom. The Morgan fingerprint density at radius 3 is 2.48 bits per heavy atom. The molecule has 0 aliphatic carbocycles. The predicted molar refractivity (Wildman–Crippen MR) is 104 cm³/mol. The van der Waals surface area contributed by atoms with Crippen molar-refractivity contribution in [2.24, 2.45) is 0 Å². The molecule has 3 rings (SSSR count). The van der Waals surface area contributed by atoms with Gasteiger partial charge in [0.15, 0.2) is 9.84 Å². The molecular formula is C21H18F2N2O3S. The Hall–Kier alpha value is -3.13. The van der Waals surface area contributed by atoms with Gasteiger partial charge in [0.2, 0.25) is 0 Å². The van der Waals surface area contributed by atoms with Crippen LogP contribution >= 0.6 is 0 Å². The number of aromatic nitrogens is 1. The average Bonchev–Trinajstić information content (AvgIpc) is 2.71. The number of nitrogens with zero attached hydrogens (tertiary/aromatic N) is 1. The predicted octanol–water partition coefficient (Wildman–Crippen LogP) is 3.61. The van der Waals surface area contributed by atoms with Crippen molar-refractivity contribution in [3.8, 4) is 0 Å². The van der Waals surface area contributed by atoms with E-state index in [4.69, 9.17) is 0 Å². The Morgan fingerprint density at radius 1 is 1.07 bits per heavy atom. The molecule has 1 heterocycles. The first kappa shape index (κ1) is 20.6. The second-order valence-corrected chi connectivity index (χ2v) is 8.55. The molecule has 0 saturated carbocycles. The van der Waals surface area contributed by atoms with Crippen LogP contribution < -0.4 is 5.32 Å². The van der Waals surface area contributed by atoms with Crippen molar-refractivity contribution in [1.82, 2.24) is 10.3 Å². The summed E-state index contributed by atoms with van der Waals surface area (Å²) in [5.74, 6) is -1.96. The molecule has 0 saturated heterocycles. The van der Waals surface area contributed by atoms with E-state index >= 15 is 0 Å². The van der Waals surface area contributed by atoms with E-state index in [9.17, 15) is 22.0 Å². The first-order valence-corrected chi connectivity index (χ1v) is 10.3. The fraction of sp³-hybridized carbons (Fsp3) is 0.143. The number of carbonyl (C=O) groups is 1. The van der Waals surface area contributed by atoms with E-state index in [1.807, 2.05) is 0 Å². The lowest BCUT2D eigenvalue weighted by Gasteiger charge is -2.19. The third-order valence-electron chi connectivity index (χ3n) is 4.46. The topological polar surface area (TPSA) is 76.1 Å². The molecule has 1 aromatic heterocycles. The van der Waals surface area contributed by atoms with E-state index in [2.05, 4.69) is 10.3 Å². The zero-order chi connectivity index (χ0) is 21.0. The highest BCUT2D eigenvalue weighted by atomic mass is 32.2. The second kappa shape index (κ2) is 8.48. The summed E-state index contributed by atoms with van der Waals surface area (Å²) >= 11 is 0. The molecule has 0 fully saturated rings. The van der Waals surface area contributed by atoms with Gasteiger partial charge in [-0.15, -0.1) is 0 Å². The minimum atomic E-state index is -4.00. The summed E-state index contributed by atoms with van der Waals surface area (Å²) in [5, 5.41) is 1.30. The zero-order valence-electron chi connectivity index (χ0n) is 15.5. The monoisotopic (exact) mass is 416 g/mol. The molecule has 2 aromatic carbocycles. The maximum Gasteiger partial charge on any atom is 0.254 e. The van der Waals surface area contributed by atoms with Crippen LogP contribution in [0.15, 0.2) is 71.9 Å². The molecule has 5 nitrogen and oxygen atoms in total. The van der Waals surface area contributed by atoms with Crippen LogP contribution in [0.5, 0.6) is 0 Å². The van der Waals surface area contributed by atoms with Gasteiger partial charge in [0.1, 0.15) is 16.9 Å². The number of aryl methyl sites for hydroxylation is 1. The molecule has 29 heavy (non-hydrogen) atoms. The van der Waals surface area contributed by atoms with Crippen LogP contribution in [-0.4, -0.2) is 25.9 Å². The lowest BCUT2D eigenvalue weighted by Crippen LogP contribution is -2.32. The fourth-order valence-electron chi connectivity index (χ4n) is 2.86. The summed E-state index contributed by atoms with van der Waals surface area (Å²) < 4.78 is 53.9. The number of sulfone groups is 1. The van der Waals surface area contributed by atoms with Crippen molar-refractivity contribution >= 4 is 15.7 Å². The van der Waals surface area contributed by atoms with E-state index < -0.39 is 32.6 Å². The summed E-state index contributed by atoms with van der Waals surface area (Å²) in [5.41, 5.74) is 0.349. The number of hydrogen-bond donors (Lipinski definition) is 1. The van der Waals surface area contributed by atoms with Crippen molar-refractivity contribution < 1.29 is 22.0 Å². The number of halogens is 2. The normalized spacial score (nSPS) is 12.4. The van der Waals surface area contributed by atoms with Gasteiger partial charge in [-0.2, -0.15) is 0 Å². The van der Waals surface area contributed by atoms with Gasteiger partial charge in [0, 0.05) is 18.9 Å². The molecule has 0 bridgehead atoms. The molecule has 150 valence electrons. The fourth-order valence-corrected chi connectivity index (χ4v) is 4.59. The van der Waals surface area contributed by atoms with Gasteiger partial charge in [-0.3, -0.25) is 9.78 Å². The molecule has 0 spiro atoms. The van der Waals surface area contributed by atoms with Gasteiger partial charge < -0.3 is 5.32 Å². The van der Waals surface area contributed by atoms with Gasteiger partial charge in [-0.1, -0.05) is 18.2 Å². The first-order valence-electron chi connectivity index (χ1n) is 8.73. The number of carbonyl (C=O) groups excluding carboxylic acids is 1. The Labute approximate surface area is 167 Å². The van der Waals surface area contributed by atoms with Gasteiger partial charge in [0.05, 0.1) is 10.5 Å². The molecule has 0 unspecified atom stereocenters. The SMILES string of the molecule is Cc1cc(S(=O)(=O)[C@H](CNC(=O)c2ccccc2F)c2cccnc2)ccc1F. The first-order chi connectivity index (χ1) is 13.8. The largest absolute Gasteiger partial charge is 0.350 e. The van der Waals surface area contributed by atoms with Crippen LogP contribution in [0, 0.1) is 18.6 Å². The van der Waals surface area contributed by atoms with E-state index in [-0.39, 0.29) is 22.6 Å². The summed E-state index contributed by atoms with van der Waals surface area (Å²) in [6, 6.07) is 12.1. The quantitative estimate of drug-likeness (QED) is 0.623. The maximum atomic E-state index is 13.8. The van der Waals surface area contributed by atoms with Gasteiger partial charge in [-0.25, -0.2) is 17.2 Å². The maximum absolute atomic E-state index is 13.8. The number of rotatable bonds is 6. The number of nitrogens with one attached hydrogen (secondary N) is 1. The smallest absolute Gasteiger partial charge is 0.254 e. The molecule has 0 aliphatic heterocycles. The zero-order valence-corrected chi connectivity index (χ0v) is 16.3. The summed E-state index contributed by atoms with van der Waals surface area (Å²) in [4.78, 5) is 16.2. The molecule has 0 aliphatic rings. The summed E-state index contributed by atoms with van der Waals surface area (Å²) in [6.45, 7) is 1.16. The number of hydrogen-bond acceptors (Lipinski definition) is 4. The summed E-state index contributed by atoms with van der Waals surface area (Å²) in [6.07, 6.45) is 2.88. The van der Waals surface area contributed by atoms with Gasteiger partial charge in [-0.05, 0) is 54.4 Å². The molecule has 1 atom stereocenters. The molecule has 3 aromatic rings. The molecule has 8 heteroatoms. The lowest BCUT2D eigenvalue weighted by molar-refractivity contribution is 0.0949. The van der Waals surface area contributed by atoms with Crippen molar-refractivity contribution in [2.75, 3.05) is 6.54 Å². The summed E-state index contributed by atoms with van der Waals surface area (Å²) in [7, 11) is -4.00. The molecular weight excluding hydrogens is 398 g/mol. The minimum Gasteiger partial charge on any atom is -0.350 e. The molecule has 1 amide bonds. The highest BCUT2D eigenvalue weighted by Gasteiger charge is 2.30. The van der Waals surface area contributed by atoms with E-state index in [0.717, 1.165) is 12.1 Å². The van der Waals surface area contributed by atoms with E-state index in [1.165, 1.54) is 49.6 Å². The molecule has 1 N–H and O–H groups in total. The second-order valence-electron chi connectivity index (χ2n) is 6.42. The van der Waals surface area contributed by atoms with Crippen LogP contribution in [0.25, 0.3) is 0 Å². The van der Waals surface area contributed by atoms with Crippen molar-refractivity contribution in [3.63, 3.8) is 0 Å². The van der Waals surface area contributed by atoms with Gasteiger partial charge in [0.25, 0.3) is 5.91 Å². The van der Waals surface area contributed by atoms with Crippen LogP contribution in [0.2, 0.25) is 0 Å². The average molecular weight is 416 g/mol. The highest BCUT2D eigenvalue weighted by molar-refractivity contribution is 7.91. The van der Waals surface area contributed by atoms with E-state index in [1.54, 1.807) is 12.1 Å². The minimum absolute atomic E-state index is 0.0783. The van der Waals surface area contributed by atoms with Crippen molar-refractivity contribution in [2.45, 2.75) is 17.1 Å². The third kappa shape index (κ3) is 4.48. The van der Waals surface area contributed by atoms with Crippen LogP contribution in [-0.2, 0) is 9.84 Å². The number of benzene rings is 2. The Kier molecular flexibility index (Phi) is 6.03. The third-order valence-corrected chi connectivity index (χ3v) is 6.55. The van der Waals surface area contributed by atoms with Crippen LogP contribution in [0.3, 0.4) is 0 Å². The molecule has 0 radical (unpaired) electrons. The highest BCUT2D eigenvalue weighted by Crippen LogP contribution is 2.29. The Bertz CT molecular complexity index is 1140. The van der Waals surface area contributed by atoms with Crippen molar-refractivity contribution in [3.05, 3.63) is 95.3 Å². The lowest BCUT2D eigenvalue weighted by atomic mass is 10.2. The van der Waals surface area contributed by atoms with Crippen LogP contribution in [0.1, 0.15) is 26.7 Å². The van der Waals surface area contributed by atoms with Gasteiger partial charge >= 0.3 is 0 Å². The standard InChI is InChI=1S/C21H18F2N2O3S/c1-14-11-16(8-9-18(14)22)29(27,28)20(15-5-4-10-24-12-15)13-25-21(26)17-6-2-3-7-19(17)23/h2-12,20H,13H2,1H3,(H,25,26)/t20-/m1/s1. The number of pyridine rings is 1. The number of amides is 1. The van der Waals surface area contributed by atoms with Crippen molar-refractivity contribution in [1.29, 1.82) is 0 Å².